The maximum Gasteiger partial charge on any atom is 0.324 e. The van der Waals surface area contributed by atoms with Gasteiger partial charge in [-0.05, 0) is 61.6 Å². The van der Waals surface area contributed by atoms with E-state index < -0.39 is 11.9 Å². The van der Waals surface area contributed by atoms with Crippen molar-refractivity contribution in [1.82, 2.24) is 4.90 Å². The zero-order chi connectivity index (χ0) is 31.4. The molecule has 0 aliphatic carbocycles. The van der Waals surface area contributed by atoms with E-state index in [1.54, 1.807) is 7.11 Å². The highest BCUT2D eigenvalue weighted by atomic mass is 35.5. The number of carbonyl (C=O) groups excluding carboxylic acids is 1. The van der Waals surface area contributed by atoms with Gasteiger partial charge in [-0.15, -0.1) is 0 Å². The summed E-state index contributed by atoms with van der Waals surface area (Å²) in [6, 6.07) is 33.6. The molecule has 0 radical (unpaired) electrons. The zero-order valence-electron chi connectivity index (χ0n) is 25.2. The second-order valence-corrected chi connectivity index (χ2v) is 12.5. The number of para-hydroxylation sites is 1. The van der Waals surface area contributed by atoms with Crippen LogP contribution in [0.5, 0.6) is 5.75 Å². The van der Waals surface area contributed by atoms with Crippen LogP contribution < -0.4 is 10.5 Å². The number of benzene rings is 4. The van der Waals surface area contributed by atoms with E-state index in [0.717, 1.165) is 22.3 Å². The summed E-state index contributed by atoms with van der Waals surface area (Å²) in [6.45, 7) is 6.05. The van der Waals surface area contributed by atoms with Crippen molar-refractivity contribution in [3.8, 4) is 11.8 Å². The maximum atomic E-state index is 13.3. The third kappa shape index (κ3) is 6.26. The first-order valence-corrected chi connectivity index (χ1v) is 15.6. The fraction of sp³-hybridized carbons (Fsp3) is 0.189. The number of hydrogen-bond donors (Lipinski definition) is 1. The molecule has 2 N–H and O–H groups in total. The van der Waals surface area contributed by atoms with E-state index in [1.165, 1.54) is 33.4 Å². The summed E-state index contributed by atoms with van der Waals surface area (Å²) in [4.78, 5) is 14.8. The highest BCUT2D eigenvalue weighted by Gasteiger charge is 2.40. The molecule has 7 heteroatoms. The van der Waals surface area contributed by atoms with Crippen LogP contribution in [0.3, 0.4) is 0 Å². The largest absolute Gasteiger partial charge is 0.496 e. The van der Waals surface area contributed by atoms with Gasteiger partial charge in [-0.1, -0.05) is 119 Å². The number of rotatable bonds is 8. The number of carbonyl (C=O) groups is 1. The molecule has 0 saturated heterocycles. The van der Waals surface area contributed by atoms with Crippen molar-refractivity contribution >= 4 is 35.0 Å². The van der Waals surface area contributed by atoms with Crippen molar-refractivity contribution in [2.75, 3.05) is 7.11 Å². The first kappa shape index (κ1) is 31.0. The first-order valence-electron chi connectivity index (χ1n) is 14.3. The molecular formula is C37H34ClN3O2S. The highest BCUT2D eigenvalue weighted by Crippen LogP contribution is 2.53. The molecule has 1 heterocycles. The normalized spacial score (nSPS) is 15.6. The summed E-state index contributed by atoms with van der Waals surface area (Å²) >= 11 is 8.32. The van der Waals surface area contributed by atoms with Crippen LogP contribution in [0.2, 0.25) is 5.02 Å². The SMILES string of the molecule is COc1ccccc1C1=C(C)N(C(N)=O)C(SC(Cc2cc(C)cc(C)c2)c2ccccc2)=C(C#N)C1c1ccccc1Cl. The molecule has 2 amide bonds. The predicted molar refractivity (Wildman–Crippen MR) is 180 cm³/mol. The van der Waals surface area contributed by atoms with Crippen molar-refractivity contribution in [1.29, 1.82) is 5.26 Å². The molecule has 4 aromatic rings. The van der Waals surface area contributed by atoms with Crippen LogP contribution in [0.4, 0.5) is 4.79 Å². The molecule has 0 spiro atoms. The number of nitrogens with zero attached hydrogens (tertiary/aromatic N) is 2. The van der Waals surface area contributed by atoms with E-state index >= 15 is 0 Å². The van der Waals surface area contributed by atoms with Crippen molar-refractivity contribution in [2.24, 2.45) is 5.73 Å². The number of ether oxygens (including phenoxy) is 1. The fourth-order valence-corrected chi connectivity index (χ4v) is 7.74. The van der Waals surface area contributed by atoms with E-state index in [9.17, 15) is 10.1 Å². The average molecular weight is 620 g/mol. The summed E-state index contributed by atoms with van der Waals surface area (Å²) in [5.74, 6) is 0.0504. The van der Waals surface area contributed by atoms with E-state index in [2.05, 4.69) is 50.2 Å². The van der Waals surface area contributed by atoms with Gasteiger partial charge in [-0.3, -0.25) is 4.90 Å². The average Bonchev–Trinajstić information content (AvgIpc) is 3.00. The van der Waals surface area contributed by atoms with Crippen LogP contribution in [0, 0.1) is 25.2 Å². The Balaban J connectivity index is 1.75. The Morgan fingerprint density at radius 2 is 1.61 bits per heavy atom. The van der Waals surface area contributed by atoms with Gasteiger partial charge in [0.2, 0.25) is 0 Å². The van der Waals surface area contributed by atoms with Gasteiger partial charge in [0.05, 0.1) is 29.7 Å². The lowest BCUT2D eigenvalue weighted by atomic mass is 9.78. The lowest BCUT2D eigenvalue weighted by Crippen LogP contribution is -2.37. The molecule has 1 aliphatic rings. The van der Waals surface area contributed by atoms with E-state index in [1.807, 2.05) is 73.7 Å². The van der Waals surface area contributed by atoms with E-state index in [-0.39, 0.29) is 5.25 Å². The number of hydrogen-bond acceptors (Lipinski definition) is 4. The van der Waals surface area contributed by atoms with Crippen molar-refractivity contribution in [2.45, 2.75) is 38.4 Å². The molecule has 0 aromatic heterocycles. The minimum absolute atomic E-state index is 0.120. The van der Waals surface area contributed by atoms with Gasteiger partial charge < -0.3 is 10.5 Å². The van der Waals surface area contributed by atoms with Gasteiger partial charge in [-0.2, -0.15) is 5.26 Å². The Bertz CT molecular complexity index is 1790. The number of methoxy groups -OCH3 is 1. The third-order valence-corrected chi connectivity index (χ3v) is 9.51. The number of thioether (sulfide) groups is 1. The minimum Gasteiger partial charge on any atom is -0.496 e. The van der Waals surface area contributed by atoms with Gasteiger partial charge in [-0.25, -0.2) is 4.79 Å². The number of nitrogens with two attached hydrogens (primary N) is 1. The number of urea groups is 1. The minimum atomic E-state index is -0.666. The molecule has 0 saturated carbocycles. The molecule has 4 aromatic carbocycles. The van der Waals surface area contributed by atoms with E-state index in [4.69, 9.17) is 22.1 Å². The van der Waals surface area contributed by atoms with Crippen LogP contribution in [-0.2, 0) is 6.42 Å². The van der Waals surface area contributed by atoms with Crippen LogP contribution in [0.25, 0.3) is 5.57 Å². The second-order valence-electron chi connectivity index (χ2n) is 10.9. The fourth-order valence-electron chi connectivity index (χ4n) is 6.03. The van der Waals surface area contributed by atoms with Gasteiger partial charge >= 0.3 is 6.03 Å². The lowest BCUT2D eigenvalue weighted by molar-refractivity contribution is 0.231. The van der Waals surface area contributed by atoms with Gasteiger partial charge in [0.1, 0.15) is 5.75 Å². The molecule has 0 fully saturated rings. The van der Waals surface area contributed by atoms with E-state index in [0.29, 0.717) is 33.5 Å². The number of primary amides is 1. The summed E-state index contributed by atoms with van der Waals surface area (Å²) in [5.41, 5.74) is 14.0. The monoisotopic (exact) mass is 619 g/mol. The molecule has 2 atom stereocenters. The Labute approximate surface area is 268 Å². The standard InChI is InChI=1S/C37H34ClN3O2S/c1-23-18-24(2)20-26(19-23)21-33(27-12-6-5-7-13-27)44-36-30(22-39)35(28-14-8-10-16-31(28)38)34(25(3)41(36)37(40)42)29-15-9-11-17-32(29)43-4/h5-20,33,35H,21H2,1-4H3,(H2,40,42). The Kier molecular flexibility index (Phi) is 9.49. The molecule has 5 nitrogen and oxygen atoms in total. The number of halogens is 1. The highest BCUT2D eigenvalue weighted by molar-refractivity contribution is 8.03. The smallest absolute Gasteiger partial charge is 0.324 e. The van der Waals surface area contributed by atoms with Gasteiger partial charge in [0.25, 0.3) is 0 Å². The number of amides is 2. The summed E-state index contributed by atoms with van der Waals surface area (Å²) in [6.07, 6.45) is 0.685. The number of allylic oxidation sites excluding steroid dienone is 3. The first-order chi connectivity index (χ1) is 21.2. The van der Waals surface area contributed by atoms with Crippen molar-refractivity contribution < 1.29 is 9.53 Å². The van der Waals surface area contributed by atoms with Crippen molar-refractivity contribution in [3.05, 3.63) is 152 Å². The molecule has 2 unspecified atom stereocenters. The summed E-state index contributed by atoms with van der Waals surface area (Å²) in [7, 11) is 1.60. The van der Waals surface area contributed by atoms with Gasteiger partial charge in [0, 0.05) is 21.5 Å². The predicted octanol–water partition coefficient (Wildman–Crippen LogP) is 9.33. The number of aryl methyl sites for hydroxylation is 2. The van der Waals surface area contributed by atoms with Gasteiger partial charge in [0.15, 0.2) is 0 Å². The van der Waals surface area contributed by atoms with Crippen molar-refractivity contribution in [3.63, 3.8) is 0 Å². The van der Waals surface area contributed by atoms with Crippen LogP contribution in [-0.4, -0.2) is 18.0 Å². The molecule has 0 bridgehead atoms. The summed E-state index contributed by atoms with van der Waals surface area (Å²) in [5, 5.41) is 11.8. The summed E-state index contributed by atoms with van der Waals surface area (Å²) < 4.78 is 5.75. The molecule has 1 aliphatic heterocycles. The van der Waals surface area contributed by atoms with Crippen LogP contribution in [0.15, 0.2) is 113 Å². The van der Waals surface area contributed by atoms with Crippen LogP contribution >= 0.6 is 23.4 Å². The maximum absolute atomic E-state index is 13.3. The molecule has 5 rings (SSSR count). The molecule has 44 heavy (non-hydrogen) atoms. The Morgan fingerprint density at radius 1 is 0.977 bits per heavy atom. The topological polar surface area (TPSA) is 79.3 Å². The lowest BCUT2D eigenvalue weighted by Gasteiger charge is -2.38. The molecule has 222 valence electrons. The van der Waals surface area contributed by atoms with Crippen LogP contribution in [0.1, 0.15) is 51.5 Å². The molecular weight excluding hydrogens is 586 g/mol. The third-order valence-electron chi connectivity index (χ3n) is 7.82. The Morgan fingerprint density at radius 3 is 2.25 bits per heavy atom. The number of nitriles is 1. The quantitative estimate of drug-likeness (QED) is 0.213. The Hall–Kier alpha value is -4.44. The second kappa shape index (κ2) is 13.5. The zero-order valence-corrected chi connectivity index (χ0v) is 26.7.